The number of nitro benzene ring substituents is 1. The zero-order chi connectivity index (χ0) is 20.4. The lowest BCUT2D eigenvalue weighted by Crippen LogP contribution is -2.17. The maximum atomic E-state index is 13.2. The van der Waals surface area contributed by atoms with Crippen molar-refractivity contribution in [2.75, 3.05) is 7.11 Å². The number of hydrogen-bond acceptors (Lipinski definition) is 6. The van der Waals surface area contributed by atoms with Crippen LogP contribution in [-0.2, 0) is 20.5 Å². The van der Waals surface area contributed by atoms with Crippen molar-refractivity contribution in [1.29, 1.82) is 0 Å². The van der Waals surface area contributed by atoms with E-state index in [4.69, 9.17) is 8.92 Å². The molecule has 7 nitrogen and oxygen atoms in total. The minimum atomic E-state index is -4.93. The van der Waals surface area contributed by atoms with Crippen molar-refractivity contribution in [3.63, 3.8) is 0 Å². The van der Waals surface area contributed by atoms with Crippen molar-refractivity contribution in [1.82, 2.24) is 0 Å². The van der Waals surface area contributed by atoms with Gasteiger partial charge in [-0.15, -0.1) is 0 Å². The molecule has 27 heavy (non-hydrogen) atoms. The van der Waals surface area contributed by atoms with Crippen LogP contribution in [0.1, 0.15) is 24.2 Å². The van der Waals surface area contributed by atoms with Gasteiger partial charge >= 0.3 is 6.18 Å². The molecule has 1 unspecified atom stereocenters. The van der Waals surface area contributed by atoms with E-state index in [0.717, 1.165) is 31.2 Å². The Bertz CT molecular complexity index is 942. The molecule has 0 bridgehead atoms. The number of halogens is 3. The smallest absolute Gasteiger partial charge is 0.417 e. The van der Waals surface area contributed by atoms with Gasteiger partial charge in [-0.1, -0.05) is 6.07 Å². The van der Waals surface area contributed by atoms with Crippen molar-refractivity contribution in [3.8, 4) is 5.75 Å². The molecular formula is C16H14F3NO6S. The molecule has 0 saturated carbocycles. The van der Waals surface area contributed by atoms with Gasteiger partial charge in [0.1, 0.15) is 11.9 Å². The summed E-state index contributed by atoms with van der Waals surface area (Å²) < 4.78 is 74.2. The molecule has 1 atom stereocenters. The van der Waals surface area contributed by atoms with Crippen LogP contribution in [0.25, 0.3) is 0 Å². The highest BCUT2D eigenvalue weighted by molar-refractivity contribution is 7.86. The standard InChI is InChI=1S/C16H14F3NO6S/c1-10(26-27(23,24)12-8-6-11(25-2)7-9-12)15-13(16(17,18)19)4-3-5-14(15)20(21)22/h3-10H,1-2H3. The van der Waals surface area contributed by atoms with Crippen molar-refractivity contribution in [2.24, 2.45) is 0 Å². The van der Waals surface area contributed by atoms with Crippen LogP contribution in [0.2, 0.25) is 0 Å². The van der Waals surface area contributed by atoms with Crippen molar-refractivity contribution >= 4 is 15.8 Å². The number of nitrogens with zero attached hydrogens (tertiary/aromatic N) is 1. The first-order valence-corrected chi connectivity index (χ1v) is 8.80. The third kappa shape index (κ3) is 4.55. The van der Waals surface area contributed by atoms with E-state index in [2.05, 4.69) is 0 Å². The first kappa shape index (κ1) is 20.6. The molecule has 0 spiro atoms. The molecule has 0 amide bonds. The van der Waals surface area contributed by atoms with Crippen LogP contribution in [0.5, 0.6) is 5.75 Å². The lowest BCUT2D eigenvalue weighted by atomic mass is 10.0. The fourth-order valence-corrected chi connectivity index (χ4v) is 3.48. The largest absolute Gasteiger partial charge is 0.497 e. The van der Waals surface area contributed by atoms with Crippen LogP contribution in [0.3, 0.4) is 0 Å². The van der Waals surface area contributed by atoms with E-state index in [1.54, 1.807) is 0 Å². The van der Waals surface area contributed by atoms with E-state index < -0.39 is 44.1 Å². The summed E-state index contributed by atoms with van der Waals surface area (Å²) in [5.74, 6) is 0.361. The molecule has 2 aromatic carbocycles. The van der Waals surface area contributed by atoms with Crippen LogP contribution in [0.4, 0.5) is 18.9 Å². The molecule has 11 heteroatoms. The number of rotatable bonds is 6. The Morgan fingerprint density at radius 3 is 2.19 bits per heavy atom. The summed E-state index contributed by atoms with van der Waals surface area (Å²) in [5, 5.41) is 11.1. The Balaban J connectivity index is 2.47. The second kappa shape index (κ2) is 7.53. The Labute approximate surface area is 152 Å². The number of ether oxygens (including phenoxy) is 1. The molecule has 0 N–H and O–H groups in total. The van der Waals surface area contributed by atoms with Gasteiger partial charge in [0.15, 0.2) is 0 Å². The molecule has 2 rings (SSSR count). The highest BCUT2D eigenvalue weighted by Gasteiger charge is 2.39. The Morgan fingerprint density at radius 2 is 1.70 bits per heavy atom. The first-order chi connectivity index (χ1) is 12.5. The predicted molar refractivity (Wildman–Crippen MR) is 87.8 cm³/mol. The van der Waals surface area contributed by atoms with Gasteiger partial charge in [-0.3, -0.25) is 14.3 Å². The first-order valence-electron chi connectivity index (χ1n) is 7.39. The summed E-state index contributed by atoms with van der Waals surface area (Å²) >= 11 is 0. The molecule has 0 aliphatic heterocycles. The molecule has 0 radical (unpaired) electrons. The van der Waals surface area contributed by atoms with Gasteiger partial charge in [-0.25, -0.2) is 0 Å². The van der Waals surface area contributed by atoms with E-state index in [1.165, 1.54) is 19.2 Å². The van der Waals surface area contributed by atoms with Crippen LogP contribution in [-0.4, -0.2) is 20.5 Å². The summed E-state index contributed by atoms with van der Waals surface area (Å²) in [6.45, 7) is 0.999. The van der Waals surface area contributed by atoms with Crippen LogP contribution >= 0.6 is 0 Å². The summed E-state index contributed by atoms with van der Waals surface area (Å²) in [6.07, 6.45) is -6.68. The number of benzene rings is 2. The molecule has 0 aromatic heterocycles. The van der Waals surface area contributed by atoms with Crippen LogP contribution in [0, 0.1) is 10.1 Å². The van der Waals surface area contributed by atoms with E-state index >= 15 is 0 Å². The highest BCUT2D eigenvalue weighted by Crippen LogP contribution is 2.41. The van der Waals surface area contributed by atoms with Gasteiger partial charge in [-0.05, 0) is 37.3 Å². The van der Waals surface area contributed by atoms with Crippen molar-refractivity contribution in [3.05, 3.63) is 63.7 Å². The van der Waals surface area contributed by atoms with Gasteiger partial charge in [0, 0.05) is 6.07 Å². The van der Waals surface area contributed by atoms with Crippen LogP contribution in [0.15, 0.2) is 47.4 Å². The van der Waals surface area contributed by atoms with Gasteiger partial charge in [0.2, 0.25) is 0 Å². The van der Waals surface area contributed by atoms with E-state index in [1.807, 2.05) is 0 Å². The van der Waals surface area contributed by atoms with E-state index in [-0.39, 0.29) is 4.90 Å². The molecule has 146 valence electrons. The molecule has 0 aliphatic carbocycles. The number of nitro groups is 1. The van der Waals surface area contributed by atoms with Crippen molar-refractivity contribution < 1.29 is 35.4 Å². The van der Waals surface area contributed by atoms with Gasteiger partial charge in [0.05, 0.1) is 28.1 Å². The Kier molecular flexibility index (Phi) is 5.76. The molecule has 0 heterocycles. The maximum Gasteiger partial charge on any atom is 0.417 e. The zero-order valence-electron chi connectivity index (χ0n) is 14.1. The van der Waals surface area contributed by atoms with E-state index in [0.29, 0.717) is 11.8 Å². The van der Waals surface area contributed by atoms with E-state index in [9.17, 15) is 31.7 Å². The molecular weight excluding hydrogens is 391 g/mol. The van der Waals surface area contributed by atoms with Gasteiger partial charge in [-0.2, -0.15) is 21.6 Å². The number of hydrogen-bond donors (Lipinski definition) is 0. The minimum absolute atomic E-state index is 0.331. The molecule has 2 aromatic rings. The normalized spacial score (nSPS) is 13.2. The molecule has 0 saturated heterocycles. The monoisotopic (exact) mass is 405 g/mol. The van der Waals surface area contributed by atoms with Crippen molar-refractivity contribution in [2.45, 2.75) is 24.1 Å². The summed E-state index contributed by atoms with van der Waals surface area (Å²) in [5.41, 5.74) is -3.09. The topological polar surface area (TPSA) is 95.7 Å². The average molecular weight is 405 g/mol. The third-order valence-corrected chi connectivity index (χ3v) is 5.00. The quantitative estimate of drug-likeness (QED) is 0.408. The summed E-state index contributed by atoms with van der Waals surface area (Å²) in [4.78, 5) is 9.78. The summed E-state index contributed by atoms with van der Waals surface area (Å²) in [7, 11) is -3.11. The average Bonchev–Trinajstić information content (AvgIpc) is 2.59. The number of methoxy groups -OCH3 is 1. The lowest BCUT2D eigenvalue weighted by Gasteiger charge is -2.18. The zero-order valence-corrected chi connectivity index (χ0v) is 14.9. The second-order valence-corrected chi connectivity index (χ2v) is 6.93. The predicted octanol–water partition coefficient (Wildman–Crippen LogP) is 4.09. The van der Waals surface area contributed by atoms with Gasteiger partial charge in [0.25, 0.3) is 15.8 Å². The fraction of sp³-hybridized carbons (Fsp3) is 0.250. The van der Waals surface area contributed by atoms with Crippen LogP contribution < -0.4 is 4.74 Å². The lowest BCUT2D eigenvalue weighted by molar-refractivity contribution is -0.386. The Hall–Kier alpha value is -2.66. The second-order valence-electron chi connectivity index (χ2n) is 5.36. The minimum Gasteiger partial charge on any atom is -0.497 e. The highest BCUT2D eigenvalue weighted by atomic mass is 32.2. The molecule has 0 fully saturated rings. The molecule has 0 aliphatic rings. The van der Waals surface area contributed by atoms with Gasteiger partial charge < -0.3 is 4.74 Å². The summed E-state index contributed by atoms with van der Waals surface area (Å²) in [6, 6.07) is 7.29. The Morgan fingerprint density at radius 1 is 1.11 bits per heavy atom. The third-order valence-electron chi connectivity index (χ3n) is 3.61. The number of alkyl halides is 3. The fourth-order valence-electron chi connectivity index (χ4n) is 2.42. The SMILES string of the molecule is COc1ccc(S(=O)(=O)OC(C)c2c([N+](=O)[O-])cccc2C(F)(F)F)cc1. The maximum absolute atomic E-state index is 13.2.